The maximum absolute atomic E-state index is 2.29. The van der Waals surface area contributed by atoms with E-state index in [0.717, 1.165) is 5.25 Å². The van der Waals surface area contributed by atoms with Gasteiger partial charge in [-0.1, -0.05) is 46.0 Å². The van der Waals surface area contributed by atoms with Gasteiger partial charge in [0, 0.05) is 5.25 Å². The normalized spacial score (nSPS) is 13.2. The van der Waals surface area contributed by atoms with E-state index in [2.05, 4.69) is 31.9 Å². The summed E-state index contributed by atoms with van der Waals surface area (Å²) in [4.78, 5) is 0. The predicted molar refractivity (Wildman–Crippen MR) is 61.0 cm³/mol. The number of hydrogen-bond acceptors (Lipinski definition) is 1. The lowest BCUT2D eigenvalue weighted by molar-refractivity contribution is 0.596. The van der Waals surface area contributed by atoms with Crippen LogP contribution in [0.2, 0.25) is 0 Å². The third kappa shape index (κ3) is 7.02. The van der Waals surface area contributed by atoms with Crippen LogP contribution < -0.4 is 0 Å². The van der Waals surface area contributed by atoms with Crippen LogP contribution >= 0.6 is 11.8 Å². The van der Waals surface area contributed by atoms with Crippen molar-refractivity contribution in [3.05, 3.63) is 0 Å². The summed E-state index contributed by atoms with van der Waals surface area (Å²) < 4.78 is 0. The van der Waals surface area contributed by atoms with E-state index in [4.69, 9.17) is 0 Å². The van der Waals surface area contributed by atoms with Gasteiger partial charge in [-0.25, -0.2) is 0 Å². The second-order valence-corrected chi connectivity index (χ2v) is 4.63. The van der Waals surface area contributed by atoms with Gasteiger partial charge in [0.1, 0.15) is 0 Å². The van der Waals surface area contributed by atoms with Crippen LogP contribution in [-0.4, -0.2) is 11.5 Å². The third-order valence-electron chi connectivity index (χ3n) is 2.32. The molecule has 1 heteroatoms. The first-order valence-electron chi connectivity index (χ1n) is 5.37. The molecule has 1 unspecified atom stereocenters. The molecule has 0 saturated heterocycles. The van der Waals surface area contributed by atoms with Gasteiger partial charge in [0.15, 0.2) is 0 Å². The van der Waals surface area contributed by atoms with Crippen molar-refractivity contribution in [2.45, 2.75) is 64.0 Å². The van der Waals surface area contributed by atoms with Crippen LogP contribution in [0.1, 0.15) is 58.8 Å². The average Bonchev–Trinajstić information content (AvgIpc) is 2.10. The summed E-state index contributed by atoms with van der Waals surface area (Å²) >= 11 is 2.05. The quantitative estimate of drug-likeness (QED) is 0.506. The molecular weight excluding hydrogens is 164 g/mol. The van der Waals surface area contributed by atoms with Crippen molar-refractivity contribution < 1.29 is 0 Å². The van der Waals surface area contributed by atoms with Gasteiger partial charge in [0.2, 0.25) is 0 Å². The van der Waals surface area contributed by atoms with Gasteiger partial charge in [-0.15, -0.1) is 0 Å². The standard InChI is InChI=1S/C11H24S/c1-4-6-7-8-10-11(12-3)9-5-2/h11H,4-10H2,1-3H3. The van der Waals surface area contributed by atoms with Crippen molar-refractivity contribution in [1.29, 1.82) is 0 Å². The minimum atomic E-state index is 0.937. The molecule has 0 aromatic carbocycles. The highest BCUT2D eigenvalue weighted by Gasteiger charge is 2.04. The SMILES string of the molecule is CCCCCCC(CCC)SC. The highest BCUT2D eigenvalue weighted by molar-refractivity contribution is 7.99. The van der Waals surface area contributed by atoms with Crippen LogP contribution in [0.5, 0.6) is 0 Å². The fraction of sp³-hybridized carbons (Fsp3) is 1.00. The Balaban J connectivity index is 3.19. The first kappa shape index (κ1) is 12.3. The van der Waals surface area contributed by atoms with Crippen molar-refractivity contribution in [2.24, 2.45) is 0 Å². The van der Waals surface area contributed by atoms with E-state index in [-0.39, 0.29) is 0 Å². The number of unbranched alkanes of at least 4 members (excludes halogenated alkanes) is 3. The van der Waals surface area contributed by atoms with Crippen LogP contribution in [0.25, 0.3) is 0 Å². The molecular formula is C11H24S. The second-order valence-electron chi connectivity index (χ2n) is 3.50. The van der Waals surface area contributed by atoms with E-state index in [1.165, 1.54) is 44.9 Å². The van der Waals surface area contributed by atoms with Gasteiger partial charge >= 0.3 is 0 Å². The van der Waals surface area contributed by atoms with Gasteiger partial charge in [-0.2, -0.15) is 11.8 Å². The first-order chi connectivity index (χ1) is 5.85. The Hall–Kier alpha value is 0.350. The summed E-state index contributed by atoms with van der Waals surface area (Å²) in [6.07, 6.45) is 12.1. The Morgan fingerprint density at radius 1 is 0.917 bits per heavy atom. The van der Waals surface area contributed by atoms with E-state index in [1.807, 2.05) is 0 Å². The second kappa shape index (κ2) is 9.44. The molecule has 0 spiro atoms. The Kier molecular flexibility index (Phi) is 9.71. The van der Waals surface area contributed by atoms with Crippen LogP contribution in [0.3, 0.4) is 0 Å². The van der Waals surface area contributed by atoms with Crippen molar-refractivity contribution in [3.63, 3.8) is 0 Å². The van der Waals surface area contributed by atoms with Crippen LogP contribution in [-0.2, 0) is 0 Å². The van der Waals surface area contributed by atoms with Gasteiger partial charge in [0.05, 0.1) is 0 Å². The number of thioether (sulfide) groups is 1. The molecule has 0 nitrogen and oxygen atoms in total. The topological polar surface area (TPSA) is 0 Å². The molecule has 74 valence electrons. The van der Waals surface area contributed by atoms with Crippen LogP contribution in [0.4, 0.5) is 0 Å². The van der Waals surface area contributed by atoms with Crippen molar-refractivity contribution >= 4 is 11.8 Å². The zero-order chi connectivity index (χ0) is 9.23. The van der Waals surface area contributed by atoms with Gasteiger partial charge < -0.3 is 0 Å². The van der Waals surface area contributed by atoms with Crippen molar-refractivity contribution in [2.75, 3.05) is 6.26 Å². The first-order valence-corrected chi connectivity index (χ1v) is 6.66. The fourth-order valence-electron chi connectivity index (χ4n) is 1.50. The summed E-state index contributed by atoms with van der Waals surface area (Å²) in [6.45, 7) is 4.56. The molecule has 0 rings (SSSR count). The lowest BCUT2D eigenvalue weighted by Gasteiger charge is -2.12. The minimum absolute atomic E-state index is 0.937. The Morgan fingerprint density at radius 3 is 2.17 bits per heavy atom. The molecule has 0 bridgehead atoms. The molecule has 0 fully saturated rings. The van der Waals surface area contributed by atoms with E-state index in [1.54, 1.807) is 0 Å². The van der Waals surface area contributed by atoms with Crippen LogP contribution in [0, 0.1) is 0 Å². The van der Waals surface area contributed by atoms with E-state index < -0.39 is 0 Å². The molecule has 0 aliphatic heterocycles. The summed E-state index contributed by atoms with van der Waals surface area (Å²) in [5, 5.41) is 0.937. The molecule has 12 heavy (non-hydrogen) atoms. The summed E-state index contributed by atoms with van der Waals surface area (Å²) in [5.41, 5.74) is 0. The van der Waals surface area contributed by atoms with Gasteiger partial charge in [0.25, 0.3) is 0 Å². The lowest BCUT2D eigenvalue weighted by Crippen LogP contribution is -2.00. The van der Waals surface area contributed by atoms with Gasteiger partial charge in [-0.05, 0) is 19.1 Å². The van der Waals surface area contributed by atoms with Crippen LogP contribution in [0.15, 0.2) is 0 Å². The molecule has 0 amide bonds. The maximum atomic E-state index is 2.29. The third-order valence-corrected chi connectivity index (χ3v) is 3.46. The zero-order valence-electron chi connectivity index (χ0n) is 8.94. The van der Waals surface area contributed by atoms with Crippen molar-refractivity contribution in [1.82, 2.24) is 0 Å². The lowest BCUT2D eigenvalue weighted by atomic mass is 10.1. The number of hydrogen-bond donors (Lipinski definition) is 0. The minimum Gasteiger partial charge on any atom is -0.162 e. The smallest absolute Gasteiger partial charge is 0.00441 e. The van der Waals surface area contributed by atoms with Crippen molar-refractivity contribution in [3.8, 4) is 0 Å². The zero-order valence-corrected chi connectivity index (χ0v) is 9.75. The predicted octanol–water partition coefficient (Wildman–Crippen LogP) is 4.49. The highest BCUT2D eigenvalue weighted by Crippen LogP contribution is 2.19. The Bertz CT molecular complexity index is 81.1. The van der Waals surface area contributed by atoms with E-state index in [0.29, 0.717) is 0 Å². The average molecular weight is 188 g/mol. The Labute approximate surface area is 82.5 Å². The molecule has 0 aromatic heterocycles. The van der Waals surface area contributed by atoms with Gasteiger partial charge in [-0.3, -0.25) is 0 Å². The summed E-state index contributed by atoms with van der Waals surface area (Å²) in [6, 6.07) is 0. The maximum Gasteiger partial charge on any atom is 0.00441 e. The fourth-order valence-corrected chi connectivity index (χ4v) is 2.37. The Morgan fingerprint density at radius 2 is 1.67 bits per heavy atom. The van der Waals surface area contributed by atoms with E-state index >= 15 is 0 Å². The molecule has 0 saturated carbocycles. The largest absolute Gasteiger partial charge is 0.162 e. The molecule has 0 aliphatic rings. The molecule has 0 aliphatic carbocycles. The monoisotopic (exact) mass is 188 g/mol. The molecule has 0 radical (unpaired) electrons. The molecule has 0 aromatic rings. The molecule has 1 atom stereocenters. The summed E-state index contributed by atoms with van der Waals surface area (Å²) in [5.74, 6) is 0. The molecule has 0 N–H and O–H groups in total. The highest BCUT2D eigenvalue weighted by atomic mass is 32.2. The summed E-state index contributed by atoms with van der Waals surface area (Å²) in [7, 11) is 0. The molecule has 0 heterocycles. The van der Waals surface area contributed by atoms with E-state index in [9.17, 15) is 0 Å². The number of rotatable bonds is 8.